The maximum absolute atomic E-state index is 13.3. The third kappa shape index (κ3) is 2.69. The van der Waals surface area contributed by atoms with Crippen molar-refractivity contribution in [3.05, 3.63) is 33.5 Å². The molecule has 1 aromatic carbocycles. The van der Waals surface area contributed by atoms with Crippen LogP contribution in [0.25, 0.3) is 0 Å². The maximum atomic E-state index is 13.3. The minimum atomic E-state index is -4.77. The minimum absolute atomic E-state index is 0.0760. The van der Waals surface area contributed by atoms with Crippen molar-refractivity contribution in [2.75, 3.05) is 0 Å². The molecular weight excluding hydrogens is 280 g/mol. The number of benzene rings is 1. The molecule has 6 heteroatoms. The number of hydrogen-bond acceptors (Lipinski definition) is 1. The third-order valence-electron chi connectivity index (χ3n) is 1.82. The van der Waals surface area contributed by atoms with E-state index in [-0.39, 0.29) is 10.0 Å². The van der Waals surface area contributed by atoms with Crippen LogP contribution in [0.15, 0.2) is 16.6 Å². The van der Waals surface area contributed by atoms with Gasteiger partial charge in [-0.25, -0.2) is 4.39 Å². The van der Waals surface area contributed by atoms with E-state index in [1.165, 1.54) is 6.92 Å². The predicted molar refractivity (Wildman–Crippen MR) is 49.7 cm³/mol. The Balaban J connectivity index is 3.42. The summed E-state index contributed by atoms with van der Waals surface area (Å²) in [6.07, 6.45) is -6.05. The van der Waals surface area contributed by atoms with Crippen LogP contribution >= 0.6 is 15.9 Å². The quantitative estimate of drug-likeness (QED) is 0.781. The fraction of sp³-hybridized carbons (Fsp3) is 0.333. The largest absolute Gasteiger partial charge is 0.419 e. The molecule has 1 unspecified atom stereocenters. The van der Waals surface area contributed by atoms with Gasteiger partial charge < -0.3 is 5.11 Å². The lowest BCUT2D eigenvalue weighted by atomic mass is 10.1. The van der Waals surface area contributed by atoms with E-state index in [1.54, 1.807) is 0 Å². The highest BCUT2D eigenvalue weighted by Gasteiger charge is 2.35. The Morgan fingerprint density at radius 2 is 1.87 bits per heavy atom. The first-order chi connectivity index (χ1) is 6.73. The van der Waals surface area contributed by atoms with Crippen molar-refractivity contribution in [3.63, 3.8) is 0 Å². The molecule has 0 aliphatic carbocycles. The summed E-state index contributed by atoms with van der Waals surface area (Å²) in [7, 11) is 0. The van der Waals surface area contributed by atoms with Gasteiger partial charge in [-0.3, -0.25) is 0 Å². The SMILES string of the molecule is CC(O)c1cc(Br)cc(C(F)(F)F)c1F. The average molecular weight is 287 g/mol. The van der Waals surface area contributed by atoms with E-state index in [9.17, 15) is 17.6 Å². The number of rotatable bonds is 1. The number of aliphatic hydroxyl groups excluding tert-OH is 1. The second-order valence-electron chi connectivity index (χ2n) is 3.03. The molecule has 1 atom stereocenters. The summed E-state index contributed by atoms with van der Waals surface area (Å²) in [4.78, 5) is 0. The molecule has 0 fully saturated rings. The van der Waals surface area contributed by atoms with Gasteiger partial charge in [0.25, 0.3) is 0 Å². The summed E-state index contributed by atoms with van der Waals surface area (Å²) in [5.41, 5.74) is -1.76. The molecule has 0 bridgehead atoms. The van der Waals surface area contributed by atoms with Crippen molar-refractivity contribution < 1.29 is 22.7 Å². The smallest absolute Gasteiger partial charge is 0.389 e. The Morgan fingerprint density at radius 3 is 2.27 bits per heavy atom. The molecule has 84 valence electrons. The molecule has 1 rings (SSSR count). The number of hydrogen-bond donors (Lipinski definition) is 1. The molecule has 0 radical (unpaired) electrons. The predicted octanol–water partition coefficient (Wildman–Crippen LogP) is 3.66. The van der Waals surface area contributed by atoms with Crippen molar-refractivity contribution in [1.29, 1.82) is 0 Å². The molecule has 15 heavy (non-hydrogen) atoms. The molecule has 0 saturated heterocycles. The molecule has 0 aliphatic heterocycles. The normalized spacial score (nSPS) is 14.1. The van der Waals surface area contributed by atoms with E-state index in [2.05, 4.69) is 15.9 Å². The average Bonchev–Trinajstić information content (AvgIpc) is 2.06. The molecular formula is C9H7BrF4O. The topological polar surface area (TPSA) is 20.2 Å². The van der Waals surface area contributed by atoms with Gasteiger partial charge in [0.1, 0.15) is 5.82 Å². The highest BCUT2D eigenvalue weighted by Crippen LogP contribution is 2.36. The number of aliphatic hydroxyl groups is 1. The zero-order valence-corrected chi connectivity index (χ0v) is 9.16. The fourth-order valence-corrected chi connectivity index (χ4v) is 1.60. The molecule has 1 nitrogen and oxygen atoms in total. The van der Waals surface area contributed by atoms with Gasteiger partial charge in [0.2, 0.25) is 0 Å². The Labute approximate surface area is 91.9 Å². The Hall–Kier alpha value is -0.620. The second kappa shape index (κ2) is 4.09. The van der Waals surface area contributed by atoms with Crippen LogP contribution in [-0.4, -0.2) is 5.11 Å². The number of halogens is 5. The first-order valence-corrected chi connectivity index (χ1v) is 4.77. The van der Waals surface area contributed by atoms with Crippen molar-refractivity contribution in [1.82, 2.24) is 0 Å². The van der Waals surface area contributed by atoms with Crippen LogP contribution < -0.4 is 0 Å². The molecule has 0 spiro atoms. The molecule has 1 N–H and O–H groups in total. The standard InChI is InChI=1S/C9H7BrF4O/c1-4(15)6-2-5(10)3-7(8(6)11)9(12,13)14/h2-4,15H,1H3. The summed E-state index contributed by atoms with van der Waals surface area (Å²) in [5.74, 6) is -1.43. The van der Waals surface area contributed by atoms with Crippen LogP contribution in [-0.2, 0) is 6.18 Å². The van der Waals surface area contributed by atoms with E-state index in [0.717, 1.165) is 6.07 Å². The van der Waals surface area contributed by atoms with Crippen LogP contribution in [0.5, 0.6) is 0 Å². The van der Waals surface area contributed by atoms with Crippen molar-refractivity contribution in [2.45, 2.75) is 19.2 Å². The summed E-state index contributed by atoms with van der Waals surface area (Å²) in [6, 6.07) is 1.76. The second-order valence-corrected chi connectivity index (χ2v) is 3.95. The lowest BCUT2D eigenvalue weighted by Gasteiger charge is -2.13. The summed E-state index contributed by atoms with van der Waals surface area (Å²) >= 11 is 2.83. The molecule has 0 heterocycles. The van der Waals surface area contributed by atoms with Gasteiger partial charge in [-0.05, 0) is 19.1 Å². The van der Waals surface area contributed by atoms with E-state index in [0.29, 0.717) is 6.07 Å². The van der Waals surface area contributed by atoms with Gasteiger partial charge in [0.15, 0.2) is 0 Å². The van der Waals surface area contributed by atoms with Crippen LogP contribution in [0, 0.1) is 5.82 Å². The fourth-order valence-electron chi connectivity index (χ4n) is 1.12. The Bertz CT molecular complexity index is 373. The molecule has 0 aliphatic rings. The lowest BCUT2D eigenvalue weighted by molar-refractivity contribution is -0.140. The number of alkyl halides is 3. The highest BCUT2D eigenvalue weighted by molar-refractivity contribution is 9.10. The Kier molecular flexibility index (Phi) is 3.40. The summed E-state index contributed by atoms with van der Waals surface area (Å²) in [5, 5.41) is 9.09. The van der Waals surface area contributed by atoms with Gasteiger partial charge in [-0.2, -0.15) is 13.2 Å². The van der Waals surface area contributed by atoms with E-state index in [4.69, 9.17) is 5.11 Å². The van der Waals surface area contributed by atoms with Crippen LogP contribution in [0.3, 0.4) is 0 Å². The zero-order valence-electron chi connectivity index (χ0n) is 7.57. The highest BCUT2D eigenvalue weighted by atomic mass is 79.9. The minimum Gasteiger partial charge on any atom is -0.389 e. The van der Waals surface area contributed by atoms with Crippen LogP contribution in [0.4, 0.5) is 17.6 Å². The third-order valence-corrected chi connectivity index (χ3v) is 2.28. The van der Waals surface area contributed by atoms with Gasteiger partial charge in [-0.15, -0.1) is 0 Å². The van der Waals surface area contributed by atoms with E-state index < -0.39 is 23.7 Å². The van der Waals surface area contributed by atoms with Crippen molar-refractivity contribution in [3.8, 4) is 0 Å². The molecule has 0 saturated carbocycles. The summed E-state index contributed by atoms with van der Waals surface area (Å²) < 4.78 is 50.4. The maximum Gasteiger partial charge on any atom is 0.419 e. The monoisotopic (exact) mass is 286 g/mol. The van der Waals surface area contributed by atoms with Gasteiger partial charge in [0.05, 0.1) is 11.7 Å². The van der Waals surface area contributed by atoms with E-state index in [1.807, 2.05) is 0 Å². The summed E-state index contributed by atoms with van der Waals surface area (Å²) in [6.45, 7) is 1.20. The Morgan fingerprint density at radius 1 is 1.33 bits per heavy atom. The van der Waals surface area contributed by atoms with Gasteiger partial charge in [-0.1, -0.05) is 15.9 Å². The lowest BCUT2D eigenvalue weighted by Crippen LogP contribution is -2.11. The van der Waals surface area contributed by atoms with Crippen LogP contribution in [0.2, 0.25) is 0 Å². The van der Waals surface area contributed by atoms with Gasteiger partial charge >= 0.3 is 6.18 Å². The first kappa shape index (κ1) is 12.4. The van der Waals surface area contributed by atoms with Crippen molar-refractivity contribution >= 4 is 15.9 Å². The zero-order chi connectivity index (χ0) is 11.8. The van der Waals surface area contributed by atoms with Crippen LogP contribution in [0.1, 0.15) is 24.2 Å². The van der Waals surface area contributed by atoms with Gasteiger partial charge in [0, 0.05) is 10.0 Å². The molecule has 0 aromatic heterocycles. The van der Waals surface area contributed by atoms with E-state index >= 15 is 0 Å². The van der Waals surface area contributed by atoms with Crippen molar-refractivity contribution in [2.24, 2.45) is 0 Å². The molecule has 0 amide bonds. The molecule has 1 aromatic rings. The first-order valence-electron chi connectivity index (χ1n) is 3.97.